The van der Waals surface area contributed by atoms with E-state index < -0.39 is 17.5 Å². The van der Waals surface area contributed by atoms with Crippen LogP contribution >= 0.6 is 0 Å². The van der Waals surface area contributed by atoms with Crippen LogP contribution in [0.15, 0.2) is 41.1 Å². The summed E-state index contributed by atoms with van der Waals surface area (Å²) in [6.07, 6.45) is 6.04. The lowest BCUT2D eigenvalue weighted by atomic mass is 10.1. The van der Waals surface area contributed by atoms with E-state index >= 15 is 0 Å². The molecule has 0 saturated heterocycles. The first kappa shape index (κ1) is 19.6. The first-order chi connectivity index (χ1) is 10.2. The Balaban J connectivity index is 5.12. The summed E-state index contributed by atoms with van der Waals surface area (Å²) in [6.45, 7) is 9.35. The Kier molecular flexibility index (Phi) is 8.52. The van der Waals surface area contributed by atoms with E-state index in [0.29, 0.717) is 5.57 Å². The summed E-state index contributed by atoms with van der Waals surface area (Å²) in [6, 6.07) is 0. The molecule has 6 nitrogen and oxygen atoms in total. The lowest BCUT2D eigenvalue weighted by Crippen LogP contribution is -2.36. The van der Waals surface area contributed by atoms with Crippen LogP contribution in [-0.4, -0.2) is 42.0 Å². The summed E-state index contributed by atoms with van der Waals surface area (Å²) >= 11 is 0. The van der Waals surface area contributed by atoms with Crippen molar-refractivity contribution in [3.8, 4) is 0 Å². The van der Waals surface area contributed by atoms with E-state index in [4.69, 9.17) is 9.47 Å². The molecule has 0 fully saturated rings. The molecule has 22 heavy (non-hydrogen) atoms. The average molecular weight is 309 g/mol. The van der Waals surface area contributed by atoms with Gasteiger partial charge in [-0.15, -0.1) is 0 Å². The van der Waals surface area contributed by atoms with Crippen LogP contribution in [0, 0.1) is 0 Å². The highest BCUT2D eigenvalue weighted by molar-refractivity contribution is 5.79. The number of carbonyl (C=O) groups is 2. The first-order valence-corrected chi connectivity index (χ1v) is 6.71. The second-order valence-electron chi connectivity index (χ2n) is 4.98. The number of allylic oxidation sites excluding steroid dienone is 4. The molecule has 1 N–H and O–H groups in total. The topological polar surface area (TPSA) is 85.2 Å². The highest BCUT2D eigenvalue weighted by Crippen LogP contribution is 2.13. The van der Waals surface area contributed by atoms with E-state index in [0.717, 1.165) is 0 Å². The van der Waals surface area contributed by atoms with E-state index in [9.17, 15) is 14.7 Å². The second kappa shape index (κ2) is 9.55. The molecule has 0 rings (SSSR count). The van der Waals surface area contributed by atoms with Gasteiger partial charge in [0.2, 0.25) is 0 Å². The fourth-order valence-electron chi connectivity index (χ4n) is 1.24. The molecule has 0 saturated carbocycles. The van der Waals surface area contributed by atoms with Crippen molar-refractivity contribution in [1.29, 1.82) is 0 Å². The van der Waals surface area contributed by atoms with Gasteiger partial charge in [-0.1, -0.05) is 18.7 Å². The minimum absolute atomic E-state index is 0.0333. The molecular formula is C16H23NO5. The van der Waals surface area contributed by atoms with Crippen molar-refractivity contribution < 1.29 is 24.2 Å². The second-order valence-corrected chi connectivity index (χ2v) is 4.98. The first-order valence-electron chi connectivity index (χ1n) is 6.71. The van der Waals surface area contributed by atoms with Gasteiger partial charge < -0.3 is 14.6 Å². The van der Waals surface area contributed by atoms with Crippen molar-refractivity contribution in [1.82, 2.24) is 0 Å². The minimum atomic E-state index is -0.930. The third kappa shape index (κ3) is 8.73. The number of aliphatic imine (C=N–C) groups is 1. The number of esters is 2. The summed E-state index contributed by atoms with van der Waals surface area (Å²) in [5, 5.41) is 9.76. The number of aliphatic hydroxyl groups excluding tert-OH is 1. The molecule has 0 aliphatic rings. The summed E-state index contributed by atoms with van der Waals surface area (Å²) in [5.41, 5.74) is -0.420. The largest absolute Gasteiger partial charge is 0.508 e. The maximum absolute atomic E-state index is 10.9. The van der Waals surface area contributed by atoms with Gasteiger partial charge in [0, 0.05) is 25.6 Å². The lowest BCUT2D eigenvalue weighted by molar-refractivity contribution is -0.146. The Labute approximate surface area is 130 Å². The molecule has 122 valence electrons. The van der Waals surface area contributed by atoms with Crippen molar-refractivity contribution in [2.24, 2.45) is 4.99 Å². The highest BCUT2D eigenvalue weighted by Gasteiger charge is 2.26. The smallest absolute Gasteiger partial charge is 0.302 e. The highest BCUT2D eigenvalue weighted by atomic mass is 16.5. The van der Waals surface area contributed by atoms with Crippen molar-refractivity contribution in [3.63, 3.8) is 0 Å². The Bertz CT molecular complexity index is 485. The normalized spacial score (nSPS) is 13.1. The van der Waals surface area contributed by atoms with Gasteiger partial charge in [-0.3, -0.25) is 14.6 Å². The standard InChI is InChI=1S/C16H23NO5/c1-6-7-8-15(20)12(2)9-17-16(5,10-21-13(3)18)11-22-14(4)19/h6-9,20H,1,10-11H2,2-5H3/b8-7-,15-12-,17-9+. The van der Waals surface area contributed by atoms with E-state index in [1.165, 1.54) is 32.2 Å². The SMILES string of the molecule is C=C\C=C/C(O)=C(C)/C=N/C(C)(COC(C)=O)COC(C)=O. The number of hydrogen-bond donors (Lipinski definition) is 1. The van der Waals surface area contributed by atoms with E-state index in [2.05, 4.69) is 11.6 Å². The predicted molar refractivity (Wildman–Crippen MR) is 84.8 cm³/mol. The Morgan fingerprint density at radius 2 is 1.68 bits per heavy atom. The quantitative estimate of drug-likeness (QED) is 0.322. The molecule has 0 aromatic carbocycles. The van der Waals surface area contributed by atoms with E-state index in [-0.39, 0.29) is 19.0 Å². The van der Waals surface area contributed by atoms with Crippen molar-refractivity contribution in [2.45, 2.75) is 33.2 Å². The molecule has 0 aliphatic heterocycles. The average Bonchev–Trinajstić information content (AvgIpc) is 2.46. The lowest BCUT2D eigenvalue weighted by Gasteiger charge is -2.23. The van der Waals surface area contributed by atoms with Crippen LogP contribution in [0.2, 0.25) is 0 Å². The molecule has 0 spiro atoms. The number of rotatable bonds is 8. The fourth-order valence-corrected chi connectivity index (χ4v) is 1.24. The van der Waals surface area contributed by atoms with Gasteiger partial charge >= 0.3 is 11.9 Å². The summed E-state index contributed by atoms with van der Waals surface area (Å²) in [5.74, 6) is -0.868. The maximum Gasteiger partial charge on any atom is 0.302 e. The molecule has 0 aromatic rings. The molecule has 0 unspecified atom stereocenters. The molecular weight excluding hydrogens is 286 g/mol. The monoisotopic (exact) mass is 309 g/mol. The van der Waals surface area contributed by atoms with E-state index in [1.54, 1.807) is 19.9 Å². The number of nitrogens with zero attached hydrogens (tertiary/aromatic N) is 1. The number of ether oxygens (including phenoxy) is 2. The molecule has 0 heterocycles. The van der Waals surface area contributed by atoms with Gasteiger partial charge in [0.25, 0.3) is 0 Å². The van der Waals surface area contributed by atoms with E-state index in [1.807, 2.05) is 0 Å². The number of aliphatic hydroxyl groups is 1. The van der Waals surface area contributed by atoms with Crippen molar-refractivity contribution >= 4 is 18.2 Å². The number of hydrogen-bond acceptors (Lipinski definition) is 6. The summed E-state index contributed by atoms with van der Waals surface area (Å²) in [7, 11) is 0. The van der Waals surface area contributed by atoms with Crippen molar-refractivity contribution in [2.75, 3.05) is 13.2 Å². The van der Waals surface area contributed by atoms with Crippen LogP contribution in [0.25, 0.3) is 0 Å². The third-order valence-corrected chi connectivity index (χ3v) is 2.54. The Hall–Kier alpha value is -2.37. The summed E-state index contributed by atoms with van der Waals surface area (Å²) < 4.78 is 9.89. The zero-order valence-electron chi connectivity index (χ0n) is 13.5. The predicted octanol–water partition coefficient (Wildman–Crippen LogP) is 2.52. The maximum atomic E-state index is 10.9. The van der Waals surface area contributed by atoms with Gasteiger partial charge in [-0.2, -0.15) is 0 Å². The molecule has 6 heteroatoms. The van der Waals surface area contributed by atoms with Crippen LogP contribution in [0.4, 0.5) is 0 Å². The van der Waals surface area contributed by atoms with Crippen LogP contribution in [0.3, 0.4) is 0 Å². The van der Waals surface area contributed by atoms with Gasteiger partial charge in [0.1, 0.15) is 24.5 Å². The zero-order chi connectivity index (χ0) is 17.2. The zero-order valence-corrected chi connectivity index (χ0v) is 13.5. The fraction of sp³-hybridized carbons (Fsp3) is 0.438. The molecule has 0 radical (unpaired) electrons. The third-order valence-electron chi connectivity index (χ3n) is 2.54. The van der Waals surface area contributed by atoms with Crippen LogP contribution in [0.5, 0.6) is 0 Å². The van der Waals surface area contributed by atoms with Crippen LogP contribution < -0.4 is 0 Å². The molecule has 0 aromatic heterocycles. The summed E-state index contributed by atoms with van der Waals surface area (Å²) in [4.78, 5) is 26.2. The molecule has 0 atom stereocenters. The molecule has 0 aliphatic carbocycles. The van der Waals surface area contributed by atoms with Crippen molar-refractivity contribution in [3.05, 3.63) is 36.1 Å². The van der Waals surface area contributed by atoms with Gasteiger partial charge in [-0.05, 0) is 19.9 Å². The van der Waals surface area contributed by atoms with Gasteiger partial charge in [0.15, 0.2) is 0 Å². The van der Waals surface area contributed by atoms with Gasteiger partial charge in [0.05, 0.1) is 0 Å². The molecule has 0 amide bonds. The Morgan fingerprint density at radius 3 is 2.09 bits per heavy atom. The van der Waals surface area contributed by atoms with Gasteiger partial charge in [-0.25, -0.2) is 0 Å². The minimum Gasteiger partial charge on any atom is -0.508 e. The Morgan fingerprint density at radius 1 is 1.18 bits per heavy atom. The number of carbonyl (C=O) groups excluding carboxylic acids is 2. The van der Waals surface area contributed by atoms with Crippen LogP contribution in [0.1, 0.15) is 27.7 Å². The van der Waals surface area contributed by atoms with Crippen LogP contribution in [-0.2, 0) is 19.1 Å². The molecule has 0 bridgehead atoms.